The van der Waals surface area contributed by atoms with Crippen molar-refractivity contribution < 1.29 is 17.9 Å². The van der Waals surface area contributed by atoms with Crippen LogP contribution < -0.4 is 9.62 Å². The number of fused-ring (bicyclic) bond motifs is 1. The predicted octanol–water partition coefficient (Wildman–Crippen LogP) is 2.73. The number of carbonyl (C=O) groups excluding carboxylic acids is 1. The smallest absolute Gasteiger partial charge is 0.261 e. The summed E-state index contributed by atoms with van der Waals surface area (Å²) in [7, 11) is -3.65. The van der Waals surface area contributed by atoms with Gasteiger partial charge in [-0.1, -0.05) is 6.07 Å². The molecule has 0 radical (unpaired) electrons. The van der Waals surface area contributed by atoms with Crippen LogP contribution in [0.3, 0.4) is 0 Å². The number of anilines is 2. The van der Waals surface area contributed by atoms with Crippen LogP contribution in [0.1, 0.15) is 24.0 Å². The number of sulfonamides is 1. The highest BCUT2D eigenvalue weighted by atomic mass is 32.2. The average molecular weight is 386 g/mol. The fraction of sp³-hybridized carbons (Fsp3) is 0.350. The minimum absolute atomic E-state index is 0.0761. The fourth-order valence-corrected chi connectivity index (χ4v) is 4.70. The van der Waals surface area contributed by atoms with Crippen molar-refractivity contribution in [2.45, 2.75) is 30.6 Å². The van der Waals surface area contributed by atoms with Gasteiger partial charge in [-0.25, -0.2) is 8.42 Å². The highest BCUT2D eigenvalue weighted by molar-refractivity contribution is 7.92. The van der Waals surface area contributed by atoms with Gasteiger partial charge in [-0.15, -0.1) is 0 Å². The zero-order chi connectivity index (χ0) is 18.9. The number of nitrogens with one attached hydrogen (secondary N) is 1. The van der Waals surface area contributed by atoms with Gasteiger partial charge in [-0.2, -0.15) is 0 Å². The molecule has 0 atom stereocenters. The summed E-state index contributed by atoms with van der Waals surface area (Å²) in [5.41, 5.74) is 3.59. The summed E-state index contributed by atoms with van der Waals surface area (Å²) >= 11 is 0. The maximum absolute atomic E-state index is 12.7. The number of hydrogen-bond donors (Lipinski definition) is 1. The Balaban J connectivity index is 1.52. The Hall–Kier alpha value is -2.38. The van der Waals surface area contributed by atoms with Gasteiger partial charge in [-0.3, -0.25) is 9.52 Å². The molecule has 0 bridgehead atoms. The van der Waals surface area contributed by atoms with Gasteiger partial charge in [-0.05, 0) is 73.2 Å². The van der Waals surface area contributed by atoms with Crippen LogP contribution in [0.4, 0.5) is 11.4 Å². The van der Waals surface area contributed by atoms with Crippen LogP contribution in [0.25, 0.3) is 0 Å². The lowest BCUT2D eigenvalue weighted by Gasteiger charge is -2.27. The normalized spacial score (nSPS) is 17.5. The molecule has 2 aromatic carbocycles. The van der Waals surface area contributed by atoms with Crippen LogP contribution in [0, 0.1) is 0 Å². The third-order valence-electron chi connectivity index (χ3n) is 5.05. The first-order chi connectivity index (χ1) is 13.0. The van der Waals surface area contributed by atoms with Crippen molar-refractivity contribution in [3.63, 3.8) is 0 Å². The SMILES string of the molecule is O=C1COCCN1c1ccc(NS(=O)(=O)c2ccc3c(c2)CCCC3)cc1. The monoisotopic (exact) mass is 386 g/mol. The van der Waals surface area contributed by atoms with E-state index >= 15 is 0 Å². The van der Waals surface area contributed by atoms with Gasteiger partial charge in [0.15, 0.2) is 0 Å². The molecular weight excluding hydrogens is 364 g/mol. The highest BCUT2D eigenvalue weighted by Crippen LogP contribution is 2.26. The van der Waals surface area contributed by atoms with Gasteiger partial charge in [0.05, 0.1) is 11.5 Å². The van der Waals surface area contributed by atoms with E-state index in [1.165, 1.54) is 5.56 Å². The number of ether oxygens (including phenoxy) is 1. The van der Waals surface area contributed by atoms with Gasteiger partial charge in [0.25, 0.3) is 15.9 Å². The van der Waals surface area contributed by atoms with E-state index in [-0.39, 0.29) is 17.4 Å². The first-order valence-electron chi connectivity index (χ1n) is 9.16. The molecule has 0 spiro atoms. The van der Waals surface area contributed by atoms with E-state index in [1.54, 1.807) is 41.3 Å². The lowest BCUT2D eigenvalue weighted by molar-refractivity contribution is -0.125. The van der Waals surface area contributed by atoms with Crippen LogP contribution in [0.5, 0.6) is 0 Å². The standard InChI is InChI=1S/C20H22N2O4S/c23-20-14-26-12-11-22(20)18-8-6-17(7-9-18)21-27(24,25)19-10-5-15-3-1-2-4-16(15)13-19/h5-10,13,21H,1-4,11-12,14H2. The summed E-state index contributed by atoms with van der Waals surface area (Å²) in [4.78, 5) is 13.8. The molecule has 1 heterocycles. The van der Waals surface area contributed by atoms with Crippen LogP contribution in [-0.2, 0) is 32.4 Å². The molecule has 0 saturated carbocycles. The zero-order valence-electron chi connectivity index (χ0n) is 15.0. The molecule has 1 aliphatic carbocycles. The molecular formula is C20H22N2O4S. The summed E-state index contributed by atoms with van der Waals surface area (Å²) in [5.74, 6) is -0.0939. The maximum Gasteiger partial charge on any atom is 0.261 e. The van der Waals surface area contributed by atoms with E-state index < -0.39 is 10.0 Å². The summed E-state index contributed by atoms with van der Waals surface area (Å²) < 4.78 is 33.2. The van der Waals surface area contributed by atoms with Gasteiger partial charge in [0.1, 0.15) is 6.61 Å². The molecule has 1 saturated heterocycles. The largest absolute Gasteiger partial charge is 0.370 e. The fourth-order valence-electron chi connectivity index (χ4n) is 3.59. The molecule has 27 heavy (non-hydrogen) atoms. The summed E-state index contributed by atoms with van der Waals surface area (Å²) in [5, 5.41) is 0. The highest BCUT2D eigenvalue weighted by Gasteiger charge is 2.21. The molecule has 6 nitrogen and oxygen atoms in total. The van der Waals surface area contributed by atoms with Crippen LogP contribution in [0.2, 0.25) is 0 Å². The van der Waals surface area contributed by atoms with Crippen molar-refractivity contribution in [2.75, 3.05) is 29.4 Å². The molecule has 1 aliphatic heterocycles. The maximum atomic E-state index is 12.7. The number of morpholine rings is 1. The lowest BCUT2D eigenvalue weighted by Crippen LogP contribution is -2.41. The van der Waals surface area contributed by atoms with Crippen molar-refractivity contribution in [1.82, 2.24) is 0 Å². The minimum Gasteiger partial charge on any atom is -0.370 e. The predicted molar refractivity (Wildman–Crippen MR) is 104 cm³/mol. The Morgan fingerprint density at radius 3 is 2.44 bits per heavy atom. The number of aryl methyl sites for hydroxylation is 2. The lowest BCUT2D eigenvalue weighted by atomic mass is 9.92. The molecule has 0 aromatic heterocycles. The van der Waals surface area contributed by atoms with Crippen molar-refractivity contribution in [3.8, 4) is 0 Å². The van der Waals surface area contributed by atoms with Crippen LogP contribution >= 0.6 is 0 Å². The van der Waals surface area contributed by atoms with E-state index in [4.69, 9.17) is 4.74 Å². The van der Waals surface area contributed by atoms with Gasteiger partial charge >= 0.3 is 0 Å². The molecule has 1 N–H and O–H groups in total. The number of benzene rings is 2. The quantitative estimate of drug-likeness (QED) is 0.877. The second-order valence-electron chi connectivity index (χ2n) is 6.89. The second-order valence-corrected chi connectivity index (χ2v) is 8.57. The average Bonchev–Trinajstić information content (AvgIpc) is 2.68. The number of amides is 1. The second kappa shape index (κ2) is 7.32. The Morgan fingerprint density at radius 1 is 0.963 bits per heavy atom. The Bertz CT molecular complexity index is 954. The van der Waals surface area contributed by atoms with E-state index in [9.17, 15) is 13.2 Å². The topological polar surface area (TPSA) is 75.7 Å². The van der Waals surface area contributed by atoms with E-state index in [2.05, 4.69) is 4.72 Å². The van der Waals surface area contributed by atoms with E-state index in [0.717, 1.165) is 36.9 Å². The molecule has 1 fully saturated rings. The molecule has 7 heteroatoms. The third kappa shape index (κ3) is 3.84. The number of nitrogens with zero attached hydrogens (tertiary/aromatic N) is 1. The minimum atomic E-state index is -3.65. The third-order valence-corrected chi connectivity index (χ3v) is 6.43. The van der Waals surface area contributed by atoms with Gasteiger partial charge in [0.2, 0.25) is 0 Å². The van der Waals surface area contributed by atoms with Gasteiger partial charge < -0.3 is 9.64 Å². The van der Waals surface area contributed by atoms with Crippen molar-refractivity contribution in [3.05, 3.63) is 53.6 Å². The first kappa shape index (κ1) is 18.0. The van der Waals surface area contributed by atoms with Crippen molar-refractivity contribution in [2.24, 2.45) is 0 Å². The van der Waals surface area contributed by atoms with Crippen LogP contribution in [0.15, 0.2) is 47.4 Å². The van der Waals surface area contributed by atoms with Crippen molar-refractivity contribution >= 4 is 27.3 Å². The summed E-state index contributed by atoms with van der Waals surface area (Å²) in [6.07, 6.45) is 4.22. The molecule has 2 aliphatic rings. The summed E-state index contributed by atoms with van der Waals surface area (Å²) in [6.45, 7) is 1.07. The van der Waals surface area contributed by atoms with Crippen LogP contribution in [-0.4, -0.2) is 34.1 Å². The molecule has 2 aromatic rings. The Morgan fingerprint density at radius 2 is 1.70 bits per heavy atom. The number of rotatable bonds is 4. The molecule has 1 amide bonds. The van der Waals surface area contributed by atoms with E-state index in [0.29, 0.717) is 18.8 Å². The molecule has 0 unspecified atom stereocenters. The Kier molecular flexibility index (Phi) is 4.88. The summed E-state index contributed by atoms with van der Waals surface area (Å²) in [6, 6.07) is 12.2. The first-order valence-corrected chi connectivity index (χ1v) is 10.6. The molecule has 142 valence electrons. The zero-order valence-corrected chi connectivity index (χ0v) is 15.8. The number of hydrogen-bond acceptors (Lipinski definition) is 4. The molecule has 4 rings (SSSR count). The van der Waals surface area contributed by atoms with Gasteiger partial charge in [0, 0.05) is 17.9 Å². The Labute approximate surface area is 159 Å². The van der Waals surface area contributed by atoms with Crippen molar-refractivity contribution in [1.29, 1.82) is 0 Å². The number of carbonyl (C=O) groups is 1. The van der Waals surface area contributed by atoms with E-state index in [1.807, 2.05) is 6.07 Å².